The van der Waals surface area contributed by atoms with E-state index in [1.807, 2.05) is 28.9 Å². The lowest BCUT2D eigenvalue weighted by Crippen LogP contribution is -2.44. The number of hydrogen-bond donors (Lipinski definition) is 2. The number of nitrogens with one attached hydrogen (secondary N) is 2. The lowest BCUT2D eigenvalue weighted by molar-refractivity contribution is 0.0893. The van der Waals surface area contributed by atoms with Gasteiger partial charge in [0.05, 0.1) is 17.8 Å². The Labute approximate surface area is 170 Å². The smallest absolute Gasteiger partial charge is 0.274 e. The van der Waals surface area contributed by atoms with E-state index in [4.69, 9.17) is 11.6 Å². The number of carbonyl (C=O) groups excluding carboxylic acids is 1. The van der Waals surface area contributed by atoms with Gasteiger partial charge in [0.25, 0.3) is 5.91 Å². The van der Waals surface area contributed by atoms with Crippen LogP contribution >= 0.6 is 24.0 Å². The normalized spacial score (nSPS) is 19.4. The summed E-state index contributed by atoms with van der Waals surface area (Å²) >= 11 is 6.03. The Balaban J connectivity index is 0.00000210. The van der Waals surface area contributed by atoms with Gasteiger partial charge < -0.3 is 10.6 Å². The van der Waals surface area contributed by atoms with Crippen molar-refractivity contribution >= 4 is 29.9 Å². The molecule has 146 valence electrons. The molecule has 1 aliphatic carbocycles. The highest BCUT2D eigenvalue weighted by molar-refractivity contribution is 6.30. The zero-order valence-corrected chi connectivity index (χ0v) is 16.7. The second kappa shape index (κ2) is 8.59. The predicted octanol–water partition coefficient (Wildman–Crippen LogP) is 3.48. The quantitative estimate of drug-likeness (QED) is 0.810. The van der Waals surface area contributed by atoms with E-state index in [9.17, 15) is 4.79 Å². The molecular formula is C19H25Cl2N5O. The van der Waals surface area contributed by atoms with Crippen LogP contribution in [0.3, 0.4) is 0 Å². The van der Waals surface area contributed by atoms with Gasteiger partial charge in [-0.05, 0) is 56.5 Å². The van der Waals surface area contributed by atoms with Crippen LogP contribution in [0.2, 0.25) is 5.02 Å². The number of amides is 1. The summed E-state index contributed by atoms with van der Waals surface area (Å²) in [5.41, 5.74) is 1.17. The first-order valence-electron chi connectivity index (χ1n) is 9.37. The first kappa shape index (κ1) is 20.1. The van der Waals surface area contributed by atoms with E-state index in [1.54, 1.807) is 6.20 Å². The first-order valence-corrected chi connectivity index (χ1v) is 9.75. The van der Waals surface area contributed by atoms with Crippen LogP contribution in [0.1, 0.15) is 60.6 Å². The predicted molar refractivity (Wildman–Crippen MR) is 107 cm³/mol. The van der Waals surface area contributed by atoms with Gasteiger partial charge in [-0.15, -0.1) is 17.5 Å². The minimum atomic E-state index is -0.333. The molecule has 2 aromatic rings. The molecule has 0 bridgehead atoms. The van der Waals surface area contributed by atoms with E-state index in [2.05, 4.69) is 20.9 Å². The molecule has 27 heavy (non-hydrogen) atoms. The van der Waals surface area contributed by atoms with E-state index in [-0.39, 0.29) is 23.9 Å². The highest BCUT2D eigenvalue weighted by Crippen LogP contribution is 2.39. The van der Waals surface area contributed by atoms with E-state index in [0.29, 0.717) is 16.8 Å². The van der Waals surface area contributed by atoms with Crippen molar-refractivity contribution in [2.24, 2.45) is 0 Å². The molecule has 2 N–H and O–H groups in total. The molecule has 2 aliphatic rings. The topological polar surface area (TPSA) is 71.8 Å². The van der Waals surface area contributed by atoms with Gasteiger partial charge in [0, 0.05) is 5.02 Å². The van der Waals surface area contributed by atoms with Crippen molar-refractivity contribution < 1.29 is 4.79 Å². The third-order valence-corrected chi connectivity index (χ3v) is 5.88. The molecule has 0 spiro atoms. The molecular weight excluding hydrogens is 385 g/mol. The van der Waals surface area contributed by atoms with Crippen molar-refractivity contribution in [2.45, 2.75) is 50.1 Å². The minimum Gasteiger partial charge on any atom is -0.341 e. The van der Waals surface area contributed by atoms with Crippen LogP contribution in [0.15, 0.2) is 30.5 Å². The third-order valence-electron chi connectivity index (χ3n) is 5.63. The summed E-state index contributed by atoms with van der Waals surface area (Å²) in [6.07, 6.45) is 7.88. The Bertz CT molecular complexity index is 765. The fraction of sp³-hybridized carbons (Fsp3) is 0.526. The number of rotatable bonds is 4. The summed E-state index contributed by atoms with van der Waals surface area (Å²) in [6, 6.07) is 8.12. The van der Waals surface area contributed by atoms with Crippen LogP contribution in [0.4, 0.5) is 0 Å². The number of nitrogens with zero attached hydrogens (tertiary/aromatic N) is 3. The summed E-state index contributed by atoms with van der Waals surface area (Å²) in [6.45, 7) is 1.96. The molecule has 1 aromatic heterocycles. The summed E-state index contributed by atoms with van der Waals surface area (Å²) < 4.78 is 1.85. The van der Waals surface area contributed by atoms with Gasteiger partial charge in [-0.25, -0.2) is 4.68 Å². The summed E-state index contributed by atoms with van der Waals surface area (Å²) in [5.74, 6) is -0.151. The van der Waals surface area contributed by atoms with Crippen LogP contribution in [-0.2, 0) is 5.54 Å². The Hall–Kier alpha value is -1.63. The Kier molecular flexibility index (Phi) is 6.40. The minimum absolute atomic E-state index is 0. The number of halogens is 2. The van der Waals surface area contributed by atoms with E-state index >= 15 is 0 Å². The molecule has 4 rings (SSSR count). The summed E-state index contributed by atoms with van der Waals surface area (Å²) in [4.78, 5) is 12.9. The van der Waals surface area contributed by atoms with Crippen LogP contribution in [0.25, 0.3) is 0 Å². The van der Waals surface area contributed by atoms with Gasteiger partial charge in [0.2, 0.25) is 0 Å². The first-order chi connectivity index (χ1) is 12.7. The van der Waals surface area contributed by atoms with E-state index in [0.717, 1.165) is 57.2 Å². The second-order valence-corrected chi connectivity index (χ2v) is 7.75. The fourth-order valence-electron chi connectivity index (χ4n) is 4.15. The maximum atomic E-state index is 12.9. The summed E-state index contributed by atoms with van der Waals surface area (Å²) in [5, 5.41) is 15.6. The molecule has 2 fully saturated rings. The van der Waals surface area contributed by atoms with Gasteiger partial charge in [0.15, 0.2) is 5.69 Å². The van der Waals surface area contributed by atoms with Gasteiger partial charge in [-0.3, -0.25) is 4.79 Å². The number of benzene rings is 1. The molecule has 8 heteroatoms. The number of aromatic nitrogens is 3. The van der Waals surface area contributed by atoms with Crippen molar-refractivity contribution in [1.29, 1.82) is 0 Å². The largest absolute Gasteiger partial charge is 0.341 e. The zero-order chi connectivity index (χ0) is 18.0. The van der Waals surface area contributed by atoms with Crippen LogP contribution in [-0.4, -0.2) is 34.0 Å². The molecule has 6 nitrogen and oxygen atoms in total. The number of piperidine rings is 1. The standard InChI is InChI=1S/C19H24ClN5O.ClH/c20-15-5-3-14(4-6-15)19(9-1-2-10-19)22-18(26)17-13-25(24-23-17)16-7-11-21-12-8-16;/h3-6,13,16,21H,1-2,7-12H2,(H,22,26);1H. The van der Waals surface area contributed by atoms with Crippen molar-refractivity contribution in [3.63, 3.8) is 0 Å². The Morgan fingerprint density at radius 1 is 1.19 bits per heavy atom. The molecule has 0 unspecified atom stereocenters. The maximum absolute atomic E-state index is 12.9. The molecule has 0 radical (unpaired) electrons. The SMILES string of the molecule is Cl.O=C(NC1(c2ccc(Cl)cc2)CCCC1)c1cn(C2CCNCC2)nn1. The number of carbonyl (C=O) groups is 1. The van der Waals surface area contributed by atoms with Gasteiger partial charge >= 0.3 is 0 Å². The lowest BCUT2D eigenvalue weighted by atomic mass is 9.88. The molecule has 1 aromatic carbocycles. The van der Waals surface area contributed by atoms with Gasteiger partial charge in [-0.1, -0.05) is 41.8 Å². The zero-order valence-electron chi connectivity index (χ0n) is 15.2. The van der Waals surface area contributed by atoms with Crippen molar-refractivity contribution in [3.05, 3.63) is 46.7 Å². The molecule has 2 heterocycles. The Morgan fingerprint density at radius 2 is 1.85 bits per heavy atom. The molecule has 1 saturated carbocycles. The maximum Gasteiger partial charge on any atom is 0.274 e. The average molecular weight is 410 g/mol. The van der Waals surface area contributed by atoms with Crippen LogP contribution in [0, 0.1) is 0 Å². The van der Waals surface area contributed by atoms with E-state index in [1.165, 1.54) is 0 Å². The molecule has 1 amide bonds. The van der Waals surface area contributed by atoms with Gasteiger partial charge in [-0.2, -0.15) is 0 Å². The van der Waals surface area contributed by atoms with Crippen molar-refractivity contribution in [3.8, 4) is 0 Å². The summed E-state index contributed by atoms with van der Waals surface area (Å²) in [7, 11) is 0. The Morgan fingerprint density at radius 3 is 2.52 bits per heavy atom. The van der Waals surface area contributed by atoms with E-state index < -0.39 is 0 Å². The monoisotopic (exact) mass is 409 g/mol. The number of hydrogen-bond acceptors (Lipinski definition) is 4. The van der Waals surface area contributed by atoms with Crippen molar-refractivity contribution in [2.75, 3.05) is 13.1 Å². The fourth-order valence-corrected chi connectivity index (χ4v) is 4.27. The van der Waals surface area contributed by atoms with Crippen LogP contribution < -0.4 is 10.6 Å². The molecule has 1 aliphatic heterocycles. The molecule has 0 atom stereocenters. The lowest BCUT2D eigenvalue weighted by Gasteiger charge is -2.30. The molecule has 1 saturated heterocycles. The highest BCUT2D eigenvalue weighted by Gasteiger charge is 2.37. The third kappa shape index (κ3) is 4.28. The second-order valence-electron chi connectivity index (χ2n) is 7.32. The van der Waals surface area contributed by atoms with Gasteiger partial charge in [0.1, 0.15) is 0 Å². The van der Waals surface area contributed by atoms with Crippen molar-refractivity contribution in [1.82, 2.24) is 25.6 Å². The highest BCUT2D eigenvalue weighted by atomic mass is 35.5. The average Bonchev–Trinajstić information content (AvgIpc) is 3.33. The van der Waals surface area contributed by atoms with Crippen LogP contribution in [0.5, 0.6) is 0 Å².